The molecule has 458 valence electrons. The number of carbonyl (C=O) groups is 2. The van der Waals surface area contributed by atoms with Crippen molar-refractivity contribution in [3.63, 3.8) is 0 Å². The van der Waals surface area contributed by atoms with Gasteiger partial charge in [0.2, 0.25) is 5.91 Å². The van der Waals surface area contributed by atoms with Crippen LogP contribution >= 0.6 is 0 Å². The third-order valence-corrected chi connectivity index (χ3v) is 16.8. The molecule has 0 aliphatic rings. The lowest BCUT2D eigenvalue weighted by molar-refractivity contribution is -0.143. The fourth-order valence-corrected chi connectivity index (χ4v) is 11.4. The fourth-order valence-electron chi connectivity index (χ4n) is 11.4. The normalized spacial score (nSPS) is 12.5. The number of aliphatic hydroxyl groups is 2. The van der Waals surface area contributed by atoms with Gasteiger partial charge in [0.15, 0.2) is 0 Å². The van der Waals surface area contributed by atoms with E-state index in [9.17, 15) is 19.8 Å². The summed E-state index contributed by atoms with van der Waals surface area (Å²) >= 11 is 0. The van der Waals surface area contributed by atoms with E-state index in [0.29, 0.717) is 25.9 Å². The summed E-state index contributed by atoms with van der Waals surface area (Å²) in [5.41, 5.74) is 0. The third kappa shape index (κ3) is 63.6. The Balaban J connectivity index is 3.38. The highest BCUT2D eigenvalue weighted by Gasteiger charge is 2.20. The van der Waals surface area contributed by atoms with Crippen LogP contribution in [-0.2, 0) is 14.3 Å². The minimum atomic E-state index is -0.666. The van der Waals surface area contributed by atoms with Gasteiger partial charge in [0.1, 0.15) is 0 Å². The van der Waals surface area contributed by atoms with Crippen molar-refractivity contribution in [2.45, 2.75) is 418 Å². The molecule has 0 fully saturated rings. The van der Waals surface area contributed by atoms with Gasteiger partial charge >= 0.3 is 5.97 Å². The van der Waals surface area contributed by atoms with Gasteiger partial charge < -0.3 is 20.3 Å². The zero-order valence-electron chi connectivity index (χ0n) is 52.5. The molecule has 1 amide bonds. The molecule has 6 nitrogen and oxygen atoms in total. The number of aliphatic hydroxyl groups excluding tert-OH is 2. The van der Waals surface area contributed by atoms with Gasteiger partial charge in [0, 0.05) is 12.8 Å². The van der Waals surface area contributed by atoms with Crippen molar-refractivity contribution < 1.29 is 24.5 Å². The van der Waals surface area contributed by atoms with Crippen LogP contribution in [0.25, 0.3) is 0 Å². The smallest absolute Gasteiger partial charge is 0.305 e. The van der Waals surface area contributed by atoms with Crippen LogP contribution in [0.4, 0.5) is 0 Å². The van der Waals surface area contributed by atoms with E-state index < -0.39 is 12.1 Å². The Morgan fingerprint density at radius 2 is 0.610 bits per heavy atom. The minimum Gasteiger partial charge on any atom is -0.466 e. The zero-order chi connectivity index (χ0) is 55.7. The predicted molar refractivity (Wildman–Crippen MR) is 338 cm³/mol. The molecule has 0 saturated carbocycles. The molecule has 2 atom stereocenters. The molecule has 0 radical (unpaired) electrons. The second-order valence-electron chi connectivity index (χ2n) is 24.6. The van der Waals surface area contributed by atoms with Crippen molar-refractivity contribution in [3.05, 3.63) is 12.2 Å². The van der Waals surface area contributed by atoms with E-state index in [1.54, 1.807) is 0 Å². The molecule has 77 heavy (non-hydrogen) atoms. The molecule has 0 spiro atoms. The Morgan fingerprint density at radius 1 is 0.351 bits per heavy atom. The topological polar surface area (TPSA) is 95.9 Å². The van der Waals surface area contributed by atoms with Crippen LogP contribution in [0.2, 0.25) is 0 Å². The summed E-state index contributed by atoms with van der Waals surface area (Å²) in [4.78, 5) is 24.6. The maximum atomic E-state index is 12.5. The van der Waals surface area contributed by atoms with E-state index in [-0.39, 0.29) is 18.5 Å². The van der Waals surface area contributed by atoms with E-state index in [2.05, 4.69) is 31.3 Å². The van der Waals surface area contributed by atoms with Gasteiger partial charge in [-0.15, -0.1) is 0 Å². The lowest BCUT2D eigenvalue weighted by Gasteiger charge is -2.22. The van der Waals surface area contributed by atoms with E-state index >= 15 is 0 Å². The summed E-state index contributed by atoms with van der Waals surface area (Å²) in [5, 5.41) is 23.4. The lowest BCUT2D eigenvalue weighted by Crippen LogP contribution is -2.45. The number of allylic oxidation sites excluding steroid dienone is 2. The maximum Gasteiger partial charge on any atom is 0.305 e. The number of esters is 1. The number of ether oxygens (including phenoxy) is 1. The summed E-state index contributed by atoms with van der Waals surface area (Å²) in [5.74, 6) is -0.0145. The number of hydrogen-bond acceptors (Lipinski definition) is 5. The predicted octanol–water partition coefficient (Wildman–Crippen LogP) is 22.8. The van der Waals surface area contributed by atoms with Crippen LogP contribution in [0, 0.1) is 0 Å². The summed E-state index contributed by atoms with van der Waals surface area (Å²) in [7, 11) is 0. The first-order valence-electron chi connectivity index (χ1n) is 35.4. The maximum absolute atomic E-state index is 12.5. The average molecular weight is 1090 g/mol. The van der Waals surface area contributed by atoms with Crippen LogP contribution in [0.15, 0.2) is 12.2 Å². The zero-order valence-corrected chi connectivity index (χ0v) is 52.5. The van der Waals surface area contributed by atoms with Crippen LogP contribution in [0.5, 0.6) is 0 Å². The number of nitrogens with one attached hydrogen (secondary N) is 1. The summed E-state index contributed by atoms with van der Waals surface area (Å²) in [6.07, 6.45) is 82.6. The largest absolute Gasteiger partial charge is 0.466 e. The Hall–Kier alpha value is -1.40. The molecule has 0 aliphatic heterocycles. The SMILES string of the molecule is CCCCCCCCCCCCCCCCCCCCCCC(O)C(CO)NC(=O)CCCCCCCCCCCC/C=C\CCCCCCCCCCCCCCOC(=O)CCCCCCCCCCCCCCCC. The summed E-state index contributed by atoms with van der Waals surface area (Å²) in [6.45, 7) is 5.00. The summed E-state index contributed by atoms with van der Waals surface area (Å²) in [6, 6.07) is -0.543. The van der Waals surface area contributed by atoms with E-state index in [0.717, 1.165) is 38.5 Å². The van der Waals surface area contributed by atoms with Crippen molar-refractivity contribution >= 4 is 11.9 Å². The van der Waals surface area contributed by atoms with Crippen LogP contribution in [-0.4, -0.2) is 47.4 Å². The standard InChI is InChI=1S/C71H139NO5/c1-3-5-7-9-11-13-15-17-19-20-21-30-33-36-39-43-47-51-55-59-63-69(74)68(67-73)72-70(75)64-60-56-52-48-44-40-37-34-31-28-26-24-22-23-25-27-29-32-35-38-42-46-50-54-58-62-66-77-71(76)65-61-57-53-49-45-41-18-16-14-12-10-8-6-4-2/h22,24,68-69,73-74H,3-21,23,25-67H2,1-2H3,(H,72,75)/b24-22-. The molecular formula is C71H139NO5. The molecule has 0 heterocycles. The number of hydrogen-bond donors (Lipinski definition) is 3. The number of rotatable bonds is 67. The highest BCUT2D eigenvalue weighted by atomic mass is 16.5. The Kier molecular flexibility index (Phi) is 65.9. The molecule has 0 aromatic rings. The Labute approximate surface area is 482 Å². The van der Waals surface area contributed by atoms with Crippen LogP contribution < -0.4 is 5.32 Å². The molecule has 2 unspecified atom stereocenters. The second kappa shape index (κ2) is 67.1. The van der Waals surface area contributed by atoms with Gasteiger partial charge in [0.05, 0.1) is 25.4 Å². The molecule has 0 aliphatic carbocycles. The van der Waals surface area contributed by atoms with Gasteiger partial charge in [-0.25, -0.2) is 0 Å². The van der Waals surface area contributed by atoms with Gasteiger partial charge in [-0.1, -0.05) is 353 Å². The van der Waals surface area contributed by atoms with Gasteiger partial charge in [0.25, 0.3) is 0 Å². The van der Waals surface area contributed by atoms with E-state index in [1.807, 2.05) is 0 Å². The Morgan fingerprint density at radius 3 is 0.922 bits per heavy atom. The lowest BCUT2D eigenvalue weighted by atomic mass is 10.0. The van der Waals surface area contributed by atoms with Crippen molar-refractivity contribution in [1.82, 2.24) is 5.32 Å². The molecule has 0 aromatic carbocycles. The third-order valence-electron chi connectivity index (χ3n) is 16.8. The van der Waals surface area contributed by atoms with Crippen LogP contribution in [0.1, 0.15) is 406 Å². The first-order chi connectivity index (χ1) is 38.0. The first kappa shape index (κ1) is 75.6. The molecule has 0 rings (SSSR count). The van der Waals surface area contributed by atoms with Crippen molar-refractivity contribution in [1.29, 1.82) is 0 Å². The monoisotopic (exact) mass is 1090 g/mol. The highest BCUT2D eigenvalue weighted by molar-refractivity contribution is 5.76. The summed E-state index contributed by atoms with van der Waals surface area (Å²) < 4.78 is 5.49. The Bertz CT molecular complexity index is 1160. The fraction of sp³-hybridized carbons (Fsp3) is 0.944. The van der Waals surface area contributed by atoms with Gasteiger partial charge in [-0.2, -0.15) is 0 Å². The quantitative estimate of drug-likeness (QED) is 0.0320. The van der Waals surface area contributed by atoms with Gasteiger partial charge in [-0.3, -0.25) is 9.59 Å². The highest BCUT2D eigenvalue weighted by Crippen LogP contribution is 2.19. The number of unbranched alkanes of at least 4 members (excludes halogenated alkanes) is 54. The first-order valence-corrected chi connectivity index (χ1v) is 35.4. The minimum absolute atomic E-state index is 0.0177. The average Bonchev–Trinajstić information content (AvgIpc) is 3.43. The molecule has 0 bridgehead atoms. The molecule has 3 N–H and O–H groups in total. The van der Waals surface area contributed by atoms with Crippen molar-refractivity contribution in [2.24, 2.45) is 0 Å². The van der Waals surface area contributed by atoms with Crippen molar-refractivity contribution in [2.75, 3.05) is 13.2 Å². The van der Waals surface area contributed by atoms with E-state index in [1.165, 1.54) is 334 Å². The van der Waals surface area contributed by atoms with Crippen molar-refractivity contribution in [3.8, 4) is 0 Å². The second-order valence-corrected chi connectivity index (χ2v) is 24.6. The van der Waals surface area contributed by atoms with Gasteiger partial charge in [-0.05, 0) is 51.4 Å². The molecular weight excluding hydrogens is 947 g/mol. The number of amides is 1. The molecule has 6 heteroatoms. The molecule has 0 aromatic heterocycles. The van der Waals surface area contributed by atoms with E-state index in [4.69, 9.17) is 4.74 Å². The molecule has 0 saturated heterocycles. The van der Waals surface area contributed by atoms with Crippen LogP contribution in [0.3, 0.4) is 0 Å². The number of carbonyl (C=O) groups excluding carboxylic acids is 2.